The predicted octanol–water partition coefficient (Wildman–Crippen LogP) is 0.412. The molecule has 2 heterocycles. The Bertz CT molecular complexity index is 1010. The summed E-state index contributed by atoms with van der Waals surface area (Å²) >= 11 is 0. The van der Waals surface area contributed by atoms with Gasteiger partial charge in [0.25, 0.3) is 5.56 Å². The number of para-hydroxylation sites is 1. The molecular weight excluding hydrogens is 308 g/mol. The van der Waals surface area contributed by atoms with Crippen molar-refractivity contribution in [2.75, 3.05) is 0 Å². The molecule has 7 heteroatoms. The molecule has 3 aromatic rings. The van der Waals surface area contributed by atoms with Crippen molar-refractivity contribution >= 4 is 16.8 Å². The summed E-state index contributed by atoms with van der Waals surface area (Å²) in [4.78, 5) is 40.9. The minimum Gasteiger partial charge on any atom is -0.350 e. The maximum absolute atomic E-state index is 12.5. The largest absolute Gasteiger partial charge is 0.350 e. The fourth-order valence-electron chi connectivity index (χ4n) is 2.51. The first-order chi connectivity index (χ1) is 11.6. The summed E-state index contributed by atoms with van der Waals surface area (Å²) in [6, 6.07) is 10.4. The van der Waals surface area contributed by atoms with Gasteiger partial charge in [0, 0.05) is 26.0 Å². The lowest BCUT2D eigenvalue weighted by Crippen LogP contribution is -2.43. The standard InChI is InChI=1S/C17H16N4O3/c1-20-14-7-3-2-6-13(14)16(23)21(17(20)24)11-15(22)19-10-12-5-4-8-18-9-12/h2-9H,10-11H2,1H3,(H,19,22). The predicted molar refractivity (Wildman–Crippen MR) is 89.5 cm³/mol. The van der Waals surface area contributed by atoms with E-state index in [0.717, 1.165) is 10.1 Å². The number of hydrogen-bond acceptors (Lipinski definition) is 4. The molecule has 1 N–H and O–H groups in total. The van der Waals surface area contributed by atoms with Gasteiger partial charge in [0.1, 0.15) is 6.54 Å². The Morgan fingerprint density at radius 2 is 1.96 bits per heavy atom. The number of carbonyl (C=O) groups is 1. The third-order valence-corrected chi connectivity index (χ3v) is 3.77. The van der Waals surface area contributed by atoms with Crippen LogP contribution in [0.15, 0.2) is 58.4 Å². The van der Waals surface area contributed by atoms with Gasteiger partial charge in [-0.15, -0.1) is 0 Å². The van der Waals surface area contributed by atoms with E-state index >= 15 is 0 Å². The second kappa shape index (κ2) is 6.49. The number of pyridine rings is 1. The number of rotatable bonds is 4. The number of carbonyl (C=O) groups excluding carboxylic acids is 1. The first-order valence-electron chi connectivity index (χ1n) is 7.42. The van der Waals surface area contributed by atoms with Crippen molar-refractivity contribution in [3.63, 3.8) is 0 Å². The van der Waals surface area contributed by atoms with Crippen LogP contribution < -0.4 is 16.6 Å². The van der Waals surface area contributed by atoms with E-state index in [-0.39, 0.29) is 13.1 Å². The van der Waals surface area contributed by atoms with E-state index in [9.17, 15) is 14.4 Å². The lowest BCUT2D eigenvalue weighted by molar-refractivity contribution is -0.121. The summed E-state index contributed by atoms with van der Waals surface area (Å²) in [5, 5.41) is 3.09. The van der Waals surface area contributed by atoms with E-state index in [0.29, 0.717) is 10.9 Å². The SMILES string of the molecule is Cn1c(=O)n(CC(=O)NCc2cccnc2)c(=O)c2ccccc21. The number of nitrogens with one attached hydrogen (secondary N) is 1. The Balaban J connectivity index is 1.86. The first-order valence-corrected chi connectivity index (χ1v) is 7.42. The third kappa shape index (κ3) is 2.96. The normalized spacial score (nSPS) is 10.7. The van der Waals surface area contributed by atoms with Gasteiger partial charge in [-0.05, 0) is 23.8 Å². The Kier molecular flexibility index (Phi) is 4.24. The van der Waals surface area contributed by atoms with Crippen molar-refractivity contribution in [3.05, 3.63) is 75.2 Å². The minimum absolute atomic E-state index is 0.287. The zero-order valence-corrected chi connectivity index (χ0v) is 13.1. The number of amides is 1. The number of hydrogen-bond donors (Lipinski definition) is 1. The van der Waals surface area contributed by atoms with Gasteiger partial charge in [-0.1, -0.05) is 18.2 Å². The molecule has 0 aliphatic heterocycles. The molecule has 0 fully saturated rings. The Labute approximate surface area is 137 Å². The second-order valence-corrected chi connectivity index (χ2v) is 5.39. The average Bonchev–Trinajstić information content (AvgIpc) is 2.62. The van der Waals surface area contributed by atoms with E-state index in [1.54, 1.807) is 49.8 Å². The van der Waals surface area contributed by atoms with E-state index in [1.807, 2.05) is 6.07 Å². The zero-order valence-electron chi connectivity index (χ0n) is 13.1. The summed E-state index contributed by atoms with van der Waals surface area (Å²) in [7, 11) is 1.58. The number of fused-ring (bicyclic) bond motifs is 1. The molecule has 3 rings (SSSR count). The van der Waals surface area contributed by atoms with Gasteiger partial charge in [-0.25, -0.2) is 4.79 Å². The van der Waals surface area contributed by atoms with Crippen LogP contribution in [0.25, 0.3) is 10.9 Å². The van der Waals surface area contributed by atoms with Crippen LogP contribution in [0.4, 0.5) is 0 Å². The monoisotopic (exact) mass is 324 g/mol. The van der Waals surface area contributed by atoms with Crippen molar-refractivity contribution in [1.82, 2.24) is 19.4 Å². The van der Waals surface area contributed by atoms with Gasteiger partial charge >= 0.3 is 5.69 Å². The van der Waals surface area contributed by atoms with Crippen LogP contribution in [-0.4, -0.2) is 20.0 Å². The number of aryl methyl sites for hydroxylation is 1. The second-order valence-electron chi connectivity index (χ2n) is 5.39. The van der Waals surface area contributed by atoms with Crippen LogP contribution in [-0.2, 0) is 24.9 Å². The quantitative estimate of drug-likeness (QED) is 0.753. The van der Waals surface area contributed by atoms with E-state index in [1.165, 1.54) is 4.57 Å². The van der Waals surface area contributed by atoms with Crippen LogP contribution in [0.2, 0.25) is 0 Å². The smallest absolute Gasteiger partial charge is 0.331 e. The van der Waals surface area contributed by atoms with Crippen molar-refractivity contribution in [2.45, 2.75) is 13.1 Å². The van der Waals surface area contributed by atoms with Gasteiger partial charge < -0.3 is 5.32 Å². The lowest BCUT2D eigenvalue weighted by atomic mass is 10.2. The van der Waals surface area contributed by atoms with Gasteiger partial charge in [0.15, 0.2) is 0 Å². The van der Waals surface area contributed by atoms with Crippen molar-refractivity contribution < 1.29 is 4.79 Å². The number of aromatic nitrogens is 3. The fraction of sp³-hybridized carbons (Fsp3) is 0.176. The highest BCUT2D eigenvalue weighted by Gasteiger charge is 2.13. The van der Waals surface area contributed by atoms with Crippen LogP contribution in [0.5, 0.6) is 0 Å². The molecule has 2 aromatic heterocycles. The highest BCUT2D eigenvalue weighted by atomic mass is 16.2. The Morgan fingerprint density at radius 1 is 1.17 bits per heavy atom. The molecular formula is C17H16N4O3. The molecule has 0 bridgehead atoms. The molecule has 1 amide bonds. The molecule has 0 spiro atoms. The molecule has 0 aliphatic rings. The molecule has 7 nitrogen and oxygen atoms in total. The molecule has 122 valence electrons. The van der Waals surface area contributed by atoms with Gasteiger partial charge in [-0.2, -0.15) is 0 Å². The van der Waals surface area contributed by atoms with Gasteiger partial charge in [0.2, 0.25) is 5.91 Å². The maximum Gasteiger partial charge on any atom is 0.331 e. The average molecular weight is 324 g/mol. The molecule has 0 aliphatic carbocycles. The van der Waals surface area contributed by atoms with Crippen LogP contribution in [0.3, 0.4) is 0 Å². The summed E-state index contributed by atoms with van der Waals surface area (Å²) in [5.41, 5.74) is 0.393. The Morgan fingerprint density at radius 3 is 2.71 bits per heavy atom. The maximum atomic E-state index is 12.5. The third-order valence-electron chi connectivity index (χ3n) is 3.77. The number of nitrogens with zero attached hydrogens (tertiary/aromatic N) is 3. The minimum atomic E-state index is -0.518. The van der Waals surface area contributed by atoms with Gasteiger partial charge in [0.05, 0.1) is 10.9 Å². The van der Waals surface area contributed by atoms with Crippen LogP contribution in [0, 0.1) is 0 Å². The Hall–Kier alpha value is -3.22. The molecule has 0 radical (unpaired) electrons. The highest BCUT2D eigenvalue weighted by Crippen LogP contribution is 2.05. The fourth-order valence-corrected chi connectivity index (χ4v) is 2.51. The highest BCUT2D eigenvalue weighted by molar-refractivity contribution is 5.79. The van der Waals surface area contributed by atoms with Crippen molar-refractivity contribution in [2.24, 2.45) is 7.05 Å². The molecule has 0 saturated carbocycles. The van der Waals surface area contributed by atoms with E-state index < -0.39 is 17.2 Å². The molecule has 0 unspecified atom stereocenters. The molecule has 0 saturated heterocycles. The summed E-state index contributed by atoms with van der Waals surface area (Å²) in [6.45, 7) is -0.0358. The van der Waals surface area contributed by atoms with Crippen molar-refractivity contribution in [3.8, 4) is 0 Å². The summed E-state index contributed by atoms with van der Waals surface area (Å²) in [5.74, 6) is -0.409. The molecule has 1 aromatic carbocycles. The summed E-state index contributed by atoms with van der Waals surface area (Å²) < 4.78 is 2.31. The van der Waals surface area contributed by atoms with E-state index in [2.05, 4.69) is 10.3 Å². The zero-order chi connectivity index (χ0) is 17.1. The molecule has 0 atom stereocenters. The topological polar surface area (TPSA) is 86.0 Å². The lowest BCUT2D eigenvalue weighted by Gasteiger charge is -2.11. The molecule has 24 heavy (non-hydrogen) atoms. The van der Waals surface area contributed by atoms with Crippen molar-refractivity contribution in [1.29, 1.82) is 0 Å². The van der Waals surface area contributed by atoms with E-state index in [4.69, 9.17) is 0 Å². The number of benzene rings is 1. The summed E-state index contributed by atoms with van der Waals surface area (Å²) in [6.07, 6.45) is 3.28. The van der Waals surface area contributed by atoms with Crippen LogP contribution in [0.1, 0.15) is 5.56 Å². The van der Waals surface area contributed by atoms with Crippen LogP contribution >= 0.6 is 0 Å². The van der Waals surface area contributed by atoms with Gasteiger partial charge in [-0.3, -0.25) is 23.7 Å². The first kappa shape index (κ1) is 15.7.